The van der Waals surface area contributed by atoms with Gasteiger partial charge in [0.05, 0.1) is 11.0 Å². The van der Waals surface area contributed by atoms with Crippen LogP contribution < -0.4 is 10.9 Å². The van der Waals surface area contributed by atoms with Gasteiger partial charge in [-0.3, -0.25) is 9.59 Å². The van der Waals surface area contributed by atoms with E-state index in [1.165, 1.54) is 12.1 Å². The molecule has 146 valence electrons. The fraction of sp³-hybridized carbons (Fsp3) is 0.318. The summed E-state index contributed by atoms with van der Waals surface area (Å²) in [6.07, 6.45) is 2.36. The number of aromatic nitrogens is 2. The third kappa shape index (κ3) is 4.82. The predicted molar refractivity (Wildman–Crippen MR) is 107 cm³/mol. The highest BCUT2D eigenvalue weighted by Crippen LogP contribution is 2.12. The quantitative estimate of drug-likeness (QED) is 0.649. The first-order valence-corrected chi connectivity index (χ1v) is 9.58. The van der Waals surface area contributed by atoms with Gasteiger partial charge in [-0.1, -0.05) is 37.6 Å². The van der Waals surface area contributed by atoms with Crippen LogP contribution >= 0.6 is 0 Å². The third-order valence-electron chi connectivity index (χ3n) is 4.65. The number of benzene rings is 2. The molecule has 0 radical (unpaired) electrons. The number of nitrogens with one attached hydrogen (secondary N) is 1. The van der Waals surface area contributed by atoms with Crippen LogP contribution in [0, 0.1) is 5.82 Å². The zero-order valence-corrected chi connectivity index (χ0v) is 16.0. The van der Waals surface area contributed by atoms with Gasteiger partial charge in [0.2, 0.25) is 5.91 Å². The number of amides is 1. The van der Waals surface area contributed by atoms with Crippen LogP contribution in [0.1, 0.15) is 37.4 Å². The number of aryl methyl sites for hydroxylation is 2. The number of fused-ring (bicyclic) bond motifs is 1. The van der Waals surface area contributed by atoms with Crippen LogP contribution in [0.5, 0.6) is 0 Å². The molecular weight excluding hydrogens is 357 g/mol. The molecule has 1 N–H and O–H groups in total. The summed E-state index contributed by atoms with van der Waals surface area (Å²) >= 11 is 0. The molecule has 2 aromatic carbocycles. The van der Waals surface area contributed by atoms with E-state index in [1.807, 2.05) is 24.3 Å². The highest BCUT2D eigenvalue weighted by Gasteiger charge is 2.12. The van der Waals surface area contributed by atoms with E-state index in [2.05, 4.69) is 17.2 Å². The minimum atomic E-state index is -0.309. The lowest BCUT2D eigenvalue weighted by Crippen LogP contribution is -2.28. The van der Waals surface area contributed by atoms with Gasteiger partial charge in [-0.05, 0) is 36.2 Å². The number of halogens is 1. The molecule has 0 aliphatic rings. The van der Waals surface area contributed by atoms with Crippen molar-refractivity contribution in [3.8, 4) is 0 Å². The standard InChI is InChI=1S/C22H24FN3O2/c1-2-3-14-26-20-7-5-4-6-18(20)25-19(22(26)28)12-13-21(27)24-15-16-8-10-17(23)11-9-16/h4-11H,2-3,12-15H2,1H3,(H,24,27). The van der Waals surface area contributed by atoms with E-state index in [9.17, 15) is 14.0 Å². The van der Waals surface area contributed by atoms with Crippen molar-refractivity contribution in [3.63, 3.8) is 0 Å². The van der Waals surface area contributed by atoms with Crippen LogP contribution in [0.4, 0.5) is 4.39 Å². The summed E-state index contributed by atoms with van der Waals surface area (Å²) in [6, 6.07) is 13.6. The van der Waals surface area contributed by atoms with E-state index in [0.717, 1.165) is 29.4 Å². The Morgan fingerprint density at radius 2 is 1.89 bits per heavy atom. The smallest absolute Gasteiger partial charge is 0.272 e. The Morgan fingerprint density at radius 3 is 2.64 bits per heavy atom. The first-order valence-electron chi connectivity index (χ1n) is 9.58. The monoisotopic (exact) mass is 381 g/mol. The lowest BCUT2D eigenvalue weighted by molar-refractivity contribution is -0.121. The number of nitrogens with zero attached hydrogens (tertiary/aromatic N) is 2. The zero-order valence-electron chi connectivity index (χ0n) is 16.0. The van der Waals surface area contributed by atoms with Gasteiger partial charge >= 0.3 is 0 Å². The van der Waals surface area contributed by atoms with Gasteiger partial charge in [-0.25, -0.2) is 9.37 Å². The summed E-state index contributed by atoms with van der Waals surface area (Å²) in [4.78, 5) is 29.5. The van der Waals surface area contributed by atoms with Crippen LogP contribution in [0.2, 0.25) is 0 Å². The minimum absolute atomic E-state index is 0.126. The van der Waals surface area contributed by atoms with Crippen molar-refractivity contribution >= 4 is 16.9 Å². The Hall–Kier alpha value is -3.02. The SMILES string of the molecule is CCCCn1c(=O)c(CCC(=O)NCc2ccc(F)cc2)nc2ccccc21. The van der Waals surface area contributed by atoms with Gasteiger partial charge in [0.1, 0.15) is 11.5 Å². The normalized spacial score (nSPS) is 10.9. The first kappa shape index (κ1) is 19.7. The molecule has 0 bridgehead atoms. The molecule has 0 aliphatic carbocycles. The van der Waals surface area contributed by atoms with E-state index in [4.69, 9.17) is 0 Å². The molecule has 6 heteroatoms. The van der Waals surface area contributed by atoms with E-state index in [-0.39, 0.29) is 30.1 Å². The second kappa shape index (κ2) is 9.26. The maximum absolute atomic E-state index is 12.9. The van der Waals surface area contributed by atoms with Gasteiger partial charge < -0.3 is 9.88 Å². The third-order valence-corrected chi connectivity index (χ3v) is 4.65. The average Bonchev–Trinajstić information content (AvgIpc) is 2.71. The number of hydrogen-bond acceptors (Lipinski definition) is 3. The largest absolute Gasteiger partial charge is 0.352 e. The summed E-state index contributed by atoms with van der Waals surface area (Å²) in [5.74, 6) is -0.476. The van der Waals surface area contributed by atoms with Crippen molar-refractivity contribution in [3.05, 3.63) is 76.0 Å². The van der Waals surface area contributed by atoms with Gasteiger partial charge in [-0.15, -0.1) is 0 Å². The maximum atomic E-state index is 12.9. The molecule has 0 fully saturated rings. The molecule has 0 saturated carbocycles. The van der Waals surface area contributed by atoms with Crippen molar-refractivity contribution in [2.24, 2.45) is 0 Å². The Labute approximate surface area is 163 Å². The summed E-state index contributed by atoms with van der Waals surface area (Å²) in [6.45, 7) is 3.05. The number of carbonyl (C=O) groups is 1. The Kier molecular flexibility index (Phi) is 6.53. The topological polar surface area (TPSA) is 64.0 Å². The van der Waals surface area contributed by atoms with Crippen LogP contribution in [-0.2, 0) is 24.3 Å². The molecule has 0 aliphatic heterocycles. The molecule has 0 atom stereocenters. The molecular formula is C22H24FN3O2. The number of para-hydroxylation sites is 2. The van der Waals surface area contributed by atoms with Gasteiger partial charge in [0.15, 0.2) is 0 Å². The van der Waals surface area contributed by atoms with Gasteiger partial charge in [0.25, 0.3) is 5.56 Å². The number of hydrogen-bond donors (Lipinski definition) is 1. The molecule has 3 aromatic rings. The summed E-state index contributed by atoms with van der Waals surface area (Å²) in [5.41, 5.74) is 2.69. The Bertz CT molecular complexity index is 1010. The van der Waals surface area contributed by atoms with Crippen molar-refractivity contribution in [2.45, 2.75) is 45.7 Å². The lowest BCUT2D eigenvalue weighted by Gasteiger charge is -2.12. The molecule has 5 nitrogen and oxygen atoms in total. The second-order valence-electron chi connectivity index (χ2n) is 6.76. The van der Waals surface area contributed by atoms with Crippen molar-refractivity contribution in [1.82, 2.24) is 14.9 Å². The number of carbonyl (C=O) groups excluding carboxylic acids is 1. The molecule has 3 rings (SSSR count). The fourth-order valence-corrected chi connectivity index (χ4v) is 3.07. The molecule has 0 unspecified atom stereocenters. The highest BCUT2D eigenvalue weighted by atomic mass is 19.1. The van der Waals surface area contributed by atoms with Crippen molar-refractivity contribution < 1.29 is 9.18 Å². The predicted octanol–water partition coefficient (Wildman–Crippen LogP) is 3.58. The molecule has 0 saturated heterocycles. The number of unbranched alkanes of at least 4 members (excludes halogenated alkanes) is 1. The Morgan fingerprint density at radius 1 is 1.14 bits per heavy atom. The fourth-order valence-electron chi connectivity index (χ4n) is 3.07. The van der Waals surface area contributed by atoms with Crippen molar-refractivity contribution in [2.75, 3.05) is 0 Å². The minimum Gasteiger partial charge on any atom is -0.352 e. The van der Waals surface area contributed by atoms with Crippen molar-refractivity contribution in [1.29, 1.82) is 0 Å². The van der Waals surface area contributed by atoms with Crippen LogP contribution in [0.3, 0.4) is 0 Å². The number of rotatable bonds is 8. The van der Waals surface area contributed by atoms with Crippen LogP contribution in [0.25, 0.3) is 11.0 Å². The average molecular weight is 381 g/mol. The zero-order chi connectivity index (χ0) is 19.9. The summed E-state index contributed by atoms with van der Waals surface area (Å²) in [5, 5.41) is 2.80. The highest BCUT2D eigenvalue weighted by molar-refractivity contribution is 5.77. The molecule has 28 heavy (non-hydrogen) atoms. The maximum Gasteiger partial charge on any atom is 0.272 e. The van der Waals surface area contributed by atoms with E-state index in [1.54, 1.807) is 16.7 Å². The first-order chi connectivity index (χ1) is 13.6. The lowest BCUT2D eigenvalue weighted by atomic mass is 10.2. The molecule has 1 heterocycles. The van der Waals surface area contributed by atoms with E-state index in [0.29, 0.717) is 18.8 Å². The van der Waals surface area contributed by atoms with E-state index < -0.39 is 0 Å². The molecule has 1 amide bonds. The second-order valence-corrected chi connectivity index (χ2v) is 6.76. The van der Waals surface area contributed by atoms with Gasteiger partial charge in [-0.2, -0.15) is 0 Å². The summed E-state index contributed by atoms with van der Waals surface area (Å²) < 4.78 is 14.7. The Balaban J connectivity index is 1.69. The van der Waals surface area contributed by atoms with E-state index >= 15 is 0 Å². The summed E-state index contributed by atoms with van der Waals surface area (Å²) in [7, 11) is 0. The van der Waals surface area contributed by atoms with Gasteiger partial charge in [0, 0.05) is 25.9 Å². The van der Waals surface area contributed by atoms with Crippen LogP contribution in [-0.4, -0.2) is 15.5 Å². The molecule has 0 spiro atoms. The van der Waals surface area contributed by atoms with Crippen LogP contribution in [0.15, 0.2) is 53.3 Å². The molecule has 1 aromatic heterocycles.